The molecule has 0 saturated carbocycles. The smallest absolute Gasteiger partial charge is 0.115 e. The third-order valence-corrected chi connectivity index (χ3v) is 2.29. The Morgan fingerprint density at radius 1 is 1.13 bits per heavy atom. The van der Waals surface area contributed by atoms with E-state index >= 15 is 0 Å². The minimum atomic E-state index is 0.453. The lowest BCUT2D eigenvalue weighted by Crippen LogP contribution is -1.95. The molecule has 2 heterocycles. The van der Waals surface area contributed by atoms with Crippen molar-refractivity contribution in [3.8, 4) is 11.3 Å². The third-order valence-electron chi connectivity index (χ3n) is 2.29. The molecule has 0 saturated heterocycles. The van der Waals surface area contributed by atoms with Crippen molar-refractivity contribution in [2.45, 2.75) is 19.8 Å². The van der Waals surface area contributed by atoms with Gasteiger partial charge in [0.2, 0.25) is 0 Å². The van der Waals surface area contributed by atoms with Crippen LogP contribution in [0.25, 0.3) is 11.3 Å². The van der Waals surface area contributed by atoms with E-state index in [0.717, 1.165) is 11.3 Å². The summed E-state index contributed by atoms with van der Waals surface area (Å²) >= 11 is 0. The Labute approximate surface area is 89.2 Å². The molecule has 15 heavy (non-hydrogen) atoms. The predicted octanol–water partition coefficient (Wildman–Crippen LogP) is 2.66. The first-order valence-corrected chi connectivity index (χ1v) is 4.99. The summed E-state index contributed by atoms with van der Waals surface area (Å²) in [5.74, 6) is 0.453. The highest BCUT2D eigenvalue weighted by molar-refractivity contribution is 5.61. The average molecular weight is 199 g/mol. The van der Waals surface area contributed by atoms with Crippen LogP contribution in [-0.2, 0) is 0 Å². The molecule has 0 N–H and O–H groups in total. The second-order valence-corrected chi connectivity index (χ2v) is 3.72. The molecule has 0 aliphatic carbocycles. The van der Waals surface area contributed by atoms with E-state index in [4.69, 9.17) is 0 Å². The number of hydrogen-bond acceptors (Lipinski definition) is 3. The Hall–Kier alpha value is -1.77. The quantitative estimate of drug-likeness (QED) is 0.746. The summed E-state index contributed by atoms with van der Waals surface area (Å²) < 4.78 is 0. The Balaban J connectivity index is 2.53. The Morgan fingerprint density at radius 3 is 2.53 bits per heavy atom. The molecule has 3 heteroatoms. The summed E-state index contributed by atoms with van der Waals surface area (Å²) in [7, 11) is 0. The first kappa shape index (κ1) is 9.77. The highest BCUT2D eigenvalue weighted by Gasteiger charge is 2.09. The molecule has 2 aromatic rings. The van der Waals surface area contributed by atoms with E-state index < -0.39 is 0 Å². The second kappa shape index (κ2) is 4.17. The second-order valence-electron chi connectivity index (χ2n) is 3.72. The Bertz CT molecular complexity index is 438. The Kier molecular flexibility index (Phi) is 2.72. The lowest BCUT2D eigenvalue weighted by atomic mass is 9.99. The van der Waals surface area contributed by atoms with Crippen LogP contribution in [0.5, 0.6) is 0 Å². The summed E-state index contributed by atoms with van der Waals surface area (Å²) in [5, 5.41) is 0. The van der Waals surface area contributed by atoms with E-state index in [-0.39, 0.29) is 0 Å². The summed E-state index contributed by atoms with van der Waals surface area (Å²) in [6, 6.07) is 4.06. The van der Waals surface area contributed by atoms with Gasteiger partial charge in [0.05, 0.1) is 5.69 Å². The van der Waals surface area contributed by atoms with Gasteiger partial charge < -0.3 is 0 Å². The van der Waals surface area contributed by atoms with Crippen molar-refractivity contribution in [1.82, 2.24) is 15.0 Å². The van der Waals surface area contributed by atoms with Gasteiger partial charge in [0.25, 0.3) is 0 Å². The van der Waals surface area contributed by atoms with Crippen molar-refractivity contribution >= 4 is 0 Å². The van der Waals surface area contributed by atoms with E-state index in [1.54, 1.807) is 18.6 Å². The van der Waals surface area contributed by atoms with Crippen molar-refractivity contribution in [1.29, 1.82) is 0 Å². The van der Waals surface area contributed by atoms with Gasteiger partial charge in [-0.25, -0.2) is 9.97 Å². The van der Waals surface area contributed by atoms with E-state index in [0.29, 0.717) is 5.92 Å². The van der Waals surface area contributed by atoms with Crippen LogP contribution in [0.15, 0.2) is 37.1 Å². The highest BCUT2D eigenvalue weighted by atomic mass is 14.8. The van der Waals surface area contributed by atoms with Gasteiger partial charge in [-0.1, -0.05) is 19.9 Å². The number of pyridine rings is 1. The summed E-state index contributed by atoms with van der Waals surface area (Å²) in [4.78, 5) is 12.4. The summed E-state index contributed by atoms with van der Waals surface area (Å²) in [5.41, 5.74) is 3.18. The van der Waals surface area contributed by atoms with Gasteiger partial charge in [0.1, 0.15) is 6.33 Å². The molecule has 0 spiro atoms. The zero-order chi connectivity index (χ0) is 10.7. The maximum atomic E-state index is 4.39. The lowest BCUT2D eigenvalue weighted by molar-refractivity contribution is 0.861. The molecule has 2 rings (SSSR count). The topological polar surface area (TPSA) is 38.7 Å². The summed E-state index contributed by atoms with van der Waals surface area (Å²) in [6.07, 6.45) is 6.91. The van der Waals surface area contributed by atoms with Crippen LogP contribution in [0.4, 0.5) is 0 Å². The summed E-state index contributed by atoms with van der Waals surface area (Å²) in [6.45, 7) is 4.31. The zero-order valence-electron chi connectivity index (χ0n) is 8.88. The number of nitrogens with zero attached hydrogens (tertiary/aromatic N) is 3. The molecule has 76 valence electrons. The van der Waals surface area contributed by atoms with E-state index in [1.807, 2.05) is 6.07 Å². The van der Waals surface area contributed by atoms with Gasteiger partial charge in [0.15, 0.2) is 0 Å². The van der Waals surface area contributed by atoms with Gasteiger partial charge >= 0.3 is 0 Å². The zero-order valence-corrected chi connectivity index (χ0v) is 8.88. The molecule has 3 nitrogen and oxygen atoms in total. The van der Waals surface area contributed by atoms with Gasteiger partial charge in [-0.15, -0.1) is 0 Å². The number of aromatic nitrogens is 3. The van der Waals surface area contributed by atoms with Crippen LogP contribution in [-0.4, -0.2) is 15.0 Å². The molecule has 0 aliphatic rings. The van der Waals surface area contributed by atoms with Crippen molar-refractivity contribution in [3.05, 3.63) is 42.6 Å². The minimum absolute atomic E-state index is 0.453. The van der Waals surface area contributed by atoms with Crippen molar-refractivity contribution in [2.75, 3.05) is 0 Å². The average Bonchev–Trinajstić information content (AvgIpc) is 2.30. The molecular weight excluding hydrogens is 186 g/mol. The molecule has 0 fully saturated rings. The first-order chi connectivity index (χ1) is 7.29. The molecular formula is C12H13N3. The predicted molar refractivity (Wildman–Crippen MR) is 59.4 cm³/mol. The van der Waals surface area contributed by atoms with Crippen LogP contribution in [0.1, 0.15) is 25.3 Å². The fraction of sp³-hybridized carbons (Fsp3) is 0.250. The van der Waals surface area contributed by atoms with Gasteiger partial charge in [-0.3, -0.25) is 4.98 Å². The molecule has 0 aliphatic heterocycles. The molecule has 0 aromatic carbocycles. The maximum Gasteiger partial charge on any atom is 0.115 e. The van der Waals surface area contributed by atoms with Gasteiger partial charge in [0, 0.05) is 24.2 Å². The Morgan fingerprint density at radius 2 is 1.87 bits per heavy atom. The fourth-order valence-corrected chi connectivity index (χ4v) is 1.55. The number of hydrogen-bond donors (Lipinski definition) is 0. The molecule has 0 bridgehead atoms. The van der Waals surface area contributed by atoms with Crippen LogP contribution >= 0.6 is 0 Å². The van der Waals surface area contributed by atoms with Crippen LogP contribution in [0.3, 0.4) is 0 Å². The molecule has 0 unspecified atom stereocenters. The number of rotatable bonds is 2. The fourth-order valence-electron chi connectivity index (χ4n) is 1.55. The van der Waals surface area contributed by atoms with E-state index in [2.05, 4.69) is 34.9 Å². The first-order valence-electron chi connectivity index (χ1n) is 4.99. The highest BCUT2D eigenvalue weighted by Crippen LogP contribution is 2.25. The van der Waals surface area contributed by atoms with Crippen LogP contribution in [0.2, 0.25) is 0 Å². The van der Waals surface area contributed by atoms with Gasteiger partial charge in [-0.2, -0.15) is 0 Å². The normalized spacial score (nSPS) is 10.6. The van der Waals surface area contributed by atoms with Crippen LogP contribution < -0.4 is 0 Å². The van der Waals surface area contributed by atoms with Crippen molar-refractivity contribution in [2.24, 2.45) is 0 Å². The van der Waals surface area contributed by atoms with Crippen molar-refractivity contribution in [3.63, 3.8) is 0 Å². The van der Waals surface area contributed by atoms with Crippen LogP contribution in [0, 0.1) is 0 Å². The van der Waals surface area contributed by atoms with E-state index in [9.17, 15) is 0 Å². The SMILES string of the molecule is CC(C)c1cccnc1-c1cncnc1. The van der Waals surface area contributed by atoms with E-state index in [1.165, 1.54) is 11.9 Å². The standard InChI is InChI=1S/C12H13N3/c1-9(2)11-4-3-5-15-12(11)10-6-13-8-14-7-10/h3-9H,1-2H3. The molecule has 0 atom stereocenters. The third kappa shape index (κ3) is 2.01. The lowest BCUT2D eigenvalue weighted by Gasteiger charge is -2.10. The van der Waals surface area contributed by atoms with Gasteiger partial charge in [-0.05, 0) is 17.5 Å². The minimum Gasteiger partial charge on any atom is -0.256 e. The molecule has 0 amide bonds. The molecule has 2 aromatic heterocycles. The monoisotopic (exact) mass is 199 g/mol. The largest absolute Gasteiger partial charge is 0.256 e. The maximum absolute atomic E-state index is 4.39. The molecule has 0 radical (unpaired) electrons. The van der Waals surface area contributed by atoms with Crippen molar-refractivity contribution < 1.29 is 0 Å².